The van der Waals surface area contributed by atoms with Gasteiger partial charge in [0.2, 0.25) is 0 Å². The summed E-state index contributed by atoms with van der Waals surface area (Å²) >= 11 is 0. The summed E-state index contributed by atoms with van der Waals surface area (Å²) in [6.07, 6.45) is -0.439. The van der Waals surface area contributed by atoms with Crippen molar-refractivity contribution in [3.63, 3.8) is 0 Å². The van der Waals surface area contributed by atoms with Crippen molar-refractivity contribution in [1.29, 1.82) is 0 Å². The molecule has 1 aliphatic heterocycles. The first-order chi connectivity index (χ1) is 17.0. The van der Waals surface area contributed by atoms with E-state index < -0.39 is 5.60 Å². The quantitative estimate of drug-likeness (QED) is 0.352. The molecule has 0 saturated carbocycles. The molecule has 0 amide bonds. The average molecular weight is 488 g/mol. The second-order valence-corrected chi connectivity index (χ2v) is 11.6. The van der Waals surface area contributed by atoms with Crippen LogP contribution in [0.5, 0.6) is 5.75 Å². The van der Waals surface area contributed by atoms with Crippen LogP contribution < -0.4 is 10.1 Å². The topological polar surface area (TPSA) is 39.7 Å². The van der Waals surface area contributed by atoms with Gasteiger partial charge in [0.25, 0.3) is 0 Å². The molecule has 3 aromatic carbocycles. The number of ether oxygens (including phenoxy) is 3. The Kier molecular flexibility index (Phi) is 7.77. The molecule has 4 nitrogen and oxygen atoms in total. The van der Waals surface area contributed by atoms with Crippen LogP contribution in [0.25, 0.3) is 0 Å². The largest absolute Gasteiger partial charge is 0.485 e. The van der Waals surface area contributed by atoms with Crippen molar-refractivity contribution < 1.29 is 14.2 Å². The first-order valence-corrected chi connectivity index (χ1v) is 13.0. The lowest BCUT2D eigenvalue weighted by atomic mass is 9.87. The molecule has 1 heterocycles. The highest BCUT2D eigenvalue weighted by Crippen LogP contribution is 2.45. The third-order valence-corrected chi connectivity index (χ3v) is 6.66. The van der Waals surface area contributed by atoms with Crippen molar-refractivity contribution in [2.24, 2.45) is 0 Å². The van der Waals surface area contributed by atoms with Crippen LogP contribution >= 0.6 is 0 Å². The zero-order valence-electron chi connectivity index (χ0n) is 22.8. The Hall–Kier alpha value is -2.82. The van der Waals surface area contributed by atoms with Crippen LogP contribution in [0.4, 0.5) is 5.69 Å². The molecule has 0 saturated heterocycles. The Morgan fingerprint density at radius 2 is 1.61 bits per heavy atom. The Labute approximate surface area is 217 Å². The van der Waals surface area contributed by atoms with E-state index in [1.807, 2.05) is 24.3 Å². The minimum Gasteiger partial charge on any atom is -0.485 e. The first-order valence-electron chi connectivity index (χ1n) is 13.0. The van der Waals surface area contributed by atoms with E-state index in [9.17, 15) is 0 Å². The molecule has 0 aliphatic carbocycles. The predicted molar refractivity (Wildman–Crippen MR) is 148 cm³/mol. The number of fused-ring (bicyclic) bond motifs is 1. The molecule has 0 aromatic heterocycles. The Bertz CT molecular complexity index is 1130. The van der Waals surface area contributed by atoms with Crippen LogP contribution in [-0.4, -0.2) is 17.8 Å². The minimum absolute atomic E-state index is 0.0533. The van der Waals surface area contributed by atoms with E-state index in [-0.39, 0.29) is 23.7 Å². The molecule has 0 spiro atoms. The van der Waals surface area contributed by atoms with Gasteiger partial charge in [0.15, 0.2) is 0 Å². The third-order valence-electron chi connectivity index (χ3n) is 6.66. The zero-order chi connectivity index (χ0) is 25.9. The van der Waals surface area contributed by atoms with Crippen molar-refractivity contribution in [3.05, 3.63) is 95.1 Å². The van der Waals surface area contributed by atoms with Gasteiger partial charge in [-0.2, -0.15) is 0 Å². The summed E-state index contributed by atoms with van der Waals surface area (Å²) in [4.78, 5) is 0. The molecule has 4 rings (SSSR count). The molecular weight excluding hydrogens is 446 g/mol. The maximum absolute atomic E-state index is 6.49. The highest BCUT2D eigenvalue weighted by atomic mass is 16.6. The van der Waals surface area contributed by atoms with Gasteiger partial charge in [0.1, 0.15) is 23.6 Å². The van der Waals surface area contributed by atoms with Gasteiger partial charge in [-0.25, -0.2) is 0 Å². The summed E-state index contributed by atoms with van der Waals surface area (Å²) < 4.78 is 19.4. The Morgan fingerprint density at radius 1 is 0.917 bits per heavy atom. The van der Waals surface area contributed by atoms with Gasteiger partial charge in [-0.1, -0.05) is 75.4 Å². The summed E-state index contributed by atoms with van der Waals surface area (Å²) in [5.41, 5.74) is 5.40. The summed E-state index contributed by atoms with van der Waals surface area (Å²) in [7, 11) is 0. The minimum atomic E-state index is -0.537. The van der Waals surface area contributed by atoms with E-state index in [0.29, 0.717) is 6.61 Å². The van der Waals surface area contributed by atoms with Crippen LogP contribution in [0.2, 0.25) is 0 Å². The van der Waals surface area contributed by atoms with Crippen LogP contribution in [0.1, 0.15) is 76.8 Å². The molecule has 4 heteroatoms. The molecule has 192 valence electrons. The fraction of sp³-hybridized carbons (Fsp3) is 0.438. The zero-order valence-corrected chi connectivity index (χ0v) is 22.8. The maximum atomic E-state index is 6.49. The molecule has 36 heavy (non-hydrogen) atoms. The number of rotatable bonds is 8. The predicted octanol–water partition coefficient (Wildman–Crippen LogP) is 7.82. The standard InChI is InChI=1S/C32H41NO3/c1-22(2)35-29-27-19-26(33-20-23-13-15-25(16-14-23)31(3,4)5)17-18-28(27)36-32(6,7)30(29)34-21-24-11-9-8-10-12-24/h8-19,22,29-30,33H,20-21H2,1-7H3. The van der Waals surface area contributed by atoms with Gasteiger partial charge in [0.05, 0.1) is 12.7 Å². The number of anilines is 1. The lowest BCUT2D eigenvalue weighted by Gasteiger charge is -2.45. The van der Waals surface area contributed by atoms with Crippen LogP contribution in [0, 0.1) is 0 Å². The Balaban J connectivity index is 1.54. The SMILES string of the molecule is CC(C)OC1c2cc(NCc3ccc(C(C)(C)C)cc3)ccc2OC(C)(C)C1OCc1ccccc1. The second kappa shape index (κ2) is 10.7. The molecular formula is C32H41NO3. The molecule has 0 radical (unpaired) electrons. The number of hydrogen-bond donors (Lipinski definition) is 1. The fourth-order valence-corrected chi connectivity index (χ4v) is 4.66. The molecule has 2 atom stereocenters. The molecule has 2 unspecified atom stereocenters. The first kappa shape index (κ1) is 26.2. The van der Waals surface area contributed by atoms with E-state index in [1.54, 1.807) is 0 Å². The third kappa shape index (κ3) is 6.29. The van der Waals surface area contributed by atoms with Crippen molar-refractivity contribution >= 4 is 5.69 Å². The summed E-state index contributed by atoms with van der Waals surface area (Å²) in [6.45, 7) is 16.3. The molecule has 1 N–H and O–H groups in total. The Morgan fingerprint density at radius 3 is 2.25 bits per heavy atom. The lowest BCUT2D eigenvalue weighted by Crippen LogP contribution is -2.51. The van der Waals surface area contributed by atoms with Crippen molar-refractivity contribution in [2.75, 3.05) is 5.32 Å². The van der Waals surface area contributed by atoms with Gasteiger partial charge in [-0.15, -0.1) is 0 Å². The number of nitrogens with one attached hydrogen (secondary N) is 1. The maximum Gasteiger partial charge on any atom is 0.132 e. The molecule has 0 fully saturated rings. The van der Waals surface area contributed by atoms with Gasteiger partial charge >= 0.3 is 0 Å². The summed E-state index contributed by atoms with van der Waals surface area (Å²) in [5, 5.41) is 3.58. The smallest absolute Gasteiger partial charge is 0.132 e. The van der Waals surface area contributed by atoms with Gasteiger partial charge in [-0.3, -0.25) is 0 Å². The van der Waals surface area contributed by atoms with Gasteiger partial charge in [-0.05, 0) is 68.0 Å². The van der Waals surface area contributed by atoms with Crippen molar-refractivity contribution in [1.82, 2.24) is 0 Å². The van der Waals surface area contributed by atoms with E-state index in [4.69, 9.17) is 14.2 Å². The average Bonchev–Trinajstić information content (AvgIpc) is 2.82. The molecule has 3 aromatic rings. The molecule has 0 bridgehead atoms. The van der Waals surface area contributed by atoms with Crippen molar-refractivity contribution in [2.45, 2.75) is 90.9 Å². The van der Waals surface area contributed by atoms with E-state index in [0.717, 1.165) is 29.1 Å². The van der Waals surface area contributed by atoms with Crippen LogP contribution in [0.3, 0.4) is 0 Å². The van der Waals surface area contributed by atoms with Gasteiger partial charge < -0.3 is 19.5 Å². The fourth-order valence-electron chi connectivity index (χ4n) is 4.66. The normalized spacial score (nSPS) is 19.0. The summed E-state index contributed by atoms with van der Waals surface area (Å²) in [5.74, 6) is 0.852. The highest BCUT2D eigenvalue weighted by Gasteiger charge is 2.46. The van der Waals surface area contributed by atoms with Crippen LogP contribution in [0.15, 0.2) is 72.8 Å². The summed E-state index contributed by atoms with van der Waals surface area (Å²) in [6, 6.07) is 25.4. The lowest BCUT2D eigenvalue weighted by molar-refractivity contribution is -0.177. The number of benzene rings is 3. The van der Waals surface area contributed by atoms with E-state index in [1.165, 1.54) is 11.1 Å². The number of hydrogen-bond acceptors (Lipinski definition) is 4. The monoisotopic (exact) mass is 487 g/mol. The van der Waals surface area contributed by atoms with E-state index >= 15 is 0 Å². The van der Waals surface area contributed by atoms with Crippen molar-refractivity contribution in [3.8, 4) is 5.75 Å². The van der Waals surface area contributed by atoms with Crippen LogP contribution in [-0.2, 0) is 28.0 Å². The molecule has 1 aliphatic rings. The van der Waals surface area contributed by atoms with E-state index in [2.05, 4.69) is 102 Å². The van der Waals surface area contributed by atoms with Gasteiger partial charge in [0, 0.05) is 17.8 Å². The highest BCUT2D eigenvalue weighted by molar-refractivity contribution is 5.54. The second-order valence-electron chi connectivity index (χ2n) is 11.6.